The van der Waals surface area contributed by atoms with E-state index in [1.807, 2.05) is 6.92 Å². The molecule has 8 heteroatoms. The first-order valence-corrected chi connectivity index (χ1v) is 6.48. The van der Waals surface area contributed by atoms with E-state index < -0.39 is 11.9 Å². The minimum atomic E-state index is -0.777. The average molecular weight is 305 g/mol. The van der Waals surface area contributed by atoms with E-state index in [4.69, 9.17) is 9.47 Å². The molecule has 0 bridgehead atoms. The summed E-state index contributed by atoms with van der Waals surface area (Å²) < 4.78 is 16.0. The van der Waals surface area contributed by atoms with Gasteiger partial charge < -0.3 is 14.2 Å². The fourth-order valence-electron chi connectivity index (χ4n) is 1.87. The van der Waals surface area contributed by atoms with Gasteiger partial charge >= 0.3 is 11.9 Å². The average Bonchev–Trinajstić information content (AvgIpc) is 2.99. The van der Waals surface area contributed by atoms with Gasteiger partial charge in [0, 0.05) is 0 Å². The van der Waals surface area contributed by atoms with Crippen molar-refractivity contribution in [3.8, 4) is 11.4 Å². The van der Waals surface area contributed by atoms with E-state index in [0.29, 0.717) is 18.0 Å². The van der Waals surface area contributed by atoms with Gasteiger partial charge in [0.15, 0.2) is 5.69 Å². The molecule has 1 aromatic carbocycles. The van der Waals surface area contributed by atoms with Crippen LogP contribution in [0.5, 0.6) is 5.75 Å². The molecule has 0 aliphatic rings. The zero-order chi connectivity index (χ0) is 16.1. The Kier molecular flexibility index (Phi) is 4.72. The van der Waals surface area contributed by atoms with Crippen molar-refractivity contribution in [2.24, 2.45) is 0 Å². The molecule has 8 nitrogen and oxygen atoms in total. The molecule has 2 aromatic rings. The molecule has 1 heterocycles. The zero-order valence-corrected chi connectivity index (χ0v) is 12.4. The number of hydrogen-bond donors (Lipinski definition) is 0. The summed E-state index contributed by atoms with van der Waals surface area (Å²) in [6.07, 6.45) is 0. The molecule has 0 amide bonds. The summed E-state index contributed by atoms with van der Waals surface area (Å²) in [5.41, 5.74) is 0.120. The fraction of sp³-hybridized carbons (Fsp3) is 0.286. The Bertz CT molecular complexity index is 696. The molecule has 0 aliphatic heterocycles. The first-order valence-electron chi connectivity index (χ1n) is 6.48. The van der Waals surface area contributed by atoms with Gasteiger partial charge in [0.2, 0.25) is 5.69 Å². The summed E-state index contributed by atoms with van der Waals surface area (Å²) >= 11 is 0. The standard InChI is InChI=1S/C14H15N3O5/c1-4-22-10-8-6-5-7-9(10)17-12(14(19)21-3)11(15-16-17)13(18)20-2/h5-8H,4H2,1-3H3. The van der Waals surface area contributed by atoms with Crippen LogP contribution < -0.4 is 4.74 Å². The SMILES string of the molecule is CCOc1ccccc1-n1nnc(C(=O)OC)c1C(=O)OC. The second-order valence-corrected chi connectivity index (χ2v) is 4.08. The van der Waals surface area contributed by atoms with Crippen molar-refractivity contribution in [2.75, 3.05) is 20.8 Å². The Hall–Kier alpha value is -2.90. The highest BCUT2D eigenvalue weighted by molar-refractivity contribution is 6.00. The quantitative estimate of drug-likeness (QED) is 0.767. The van der Waals surface area contributed by atoms with E-state index in [2.05, 4.69) is 15.0 Å². The van der Waals surface area contributed by atoms with Gasteiger partial charge in [-0.1, -0.05) is 17.3 Å². The van der Waals surface area contributed by atoms with Crippen molar-refractivity contribution in [1.82, 2.24) is 15.0 Å². The predicted molar refractivity (Wildman–Crippen MR) is 75.2 cm³/mol. The smallest absolute Gasteiger partial charge is 0.361 e. The lowest BCUT2D eigenvalue weighted by Crippen LogP contribution is -2.16. The molecule has 0 saturated heterocycles. The third-order valence-corrected chi connectivity index (χ3v) is 2.82. The first kappa shape index (κ1) is 15.5. The van der Waals surface area contributed by atoms with Crippen LogP contribution in [0.2, 0.25) is 0 Å². The Morgan fingerprint density at radius 2 is 1.82 bits per heavy atom. The van der Waals surface area contributed by atoms with Gasteiger partial charge in [0.1, 0.15) is 11.4 Å². The number of aromatic nitrogens is 3. The number of ether oxygens (including phenoxy) is 3. The van der Waals surface area contributed by atoms with Gasteiger partial charge in [-0.3, -0.25) is 0 Å². The number of benzene rings is 1. The molecule has 1 aromatic heterocycles. The van der Waals surface area contributed by atoms with Crippen LogP contribution in [0.4, 0.5) is 0 Å². The molecule has 0 unspecified atom stereocenters. The Morgan fingerprint density at radius 3 is 2.45 bits per heavy atom. The van der Waals surface area contributed by atoms with Crippen molar-refractivity contribution >= 4 is 11.9 Å². The van der Waals surface area contributed by atoms with E-state index >= 15 is 0 Å². The van der Waals surface area contributed by atoms with Crippen LogP contribution in [0.1, 0.15) is 27.9 Å². The molecule has 0 atom stereocenters. The predicted octanol–water partition coefficient (Wildman–Crippen LogP) is 1.24. The van der Waals surface area contributed by atoms with E-state index in [-0.39, 0.29) is 11.4 Å². The van der Waals surface area contributed by atoms with Gasteiger partial charge in [-0.2, -0.15) is 0 Å². The number of para-hydroxylation sites is 2. The third kappa shape index (κ3) is 2.76. The van der Waals surface area contributed by atoms with Crippen LogP contribution in [-0.2, 0) is 9.47 Å². The summed E-state index contributed by atoms with van der Waals surface area (Å²) in [5.74, 6) is -1.03. The van der Waals surface area contributed by atoms with Crippen molar-refractivity contribution in [3.05, 3.63) is 35.7 Å². The molecular formula is C14H15N3O5. The number of methoxy groups -OCH3 is 2. The normalized spacial score (nSPS) is 10.1. The van der Waals surface area contributed by atoms with Gasteiger partial charge in [-0.15, -0.1) is 5.10 Å². The number of carbonyl (C=O) groups excluding carboxylic acids is 2. The maximum absolute atomic E-state index is 12.0. The van der Waals surface area contributed by atoms with E-state index in [1.165, 1.54) is 18.9 Å². The van der Waals surface area contributed by atoms with E-state index in [9.17, 15) is 9.59 Å². The zero-order valence-electron chi connectivity index (χ0n) is 12.4. The van der Waals surface area contributed by atoms with E-state index in [0.717, 1.165) is 0 Å². The lowest BCUT2D eigenvalue weighted by atomic mass is 10.2. The lowest BCUT2D eigenvalue weighted by Gasteiger charge is -2.11. The second kappa shape index (κ2) is 6.70. The van der Waals surface area contributed by atoms with Crippen molar-refractivity contribution < 1.29 is 23.8 Å². The van der Waals surface area contributed by atoms with Gasteiger partial charge in [-0.05, 0) is 19.1 Å². The Morgan fingerprint density at radius 1 is 1.14 bits per heavy atom. The number of esters is 2. The van der Waals surface area contributed by atoms with E-state index in [1.54, 1.807) is 24.3 Å². The summed E-state index contributed by atoms with van der Waals surface area (Å²) in [5, 5.41) is 7.57. The van der Waals surface area contributed by atoms with Crippen molar-refractivity contribution in [2.45, 2.75) is 6.92 Å². The number of hydrogen-bond acceptors (Lipinski definition) is 7. The third-order valence-electron chi connectivity index (χ3n) is 2.82. The highest BCUT2D eigenvalue weighted by atomic mass is 16.5. The largest absolute Gasteiger partial charge is 0.492 e. The molecule has 0 radical (unpaired) electrons. The maximum Gasteiger partial charge on any atom is 0.361 e. The highest BCUT2D eigenvalue weighted by Gasteiger charge is 2.28. The Balaban J connectivity index is 2.63. The van der Waals surface area contributed by atoms with Gasteiger partial charge in [0.25, 0.3) is 0 Å². The monoisotopic (exact) mass is 305 g/mol. The number of carbonyl (C=O) groups is 2. The van der Waals surface area contributed by atoms with Gasteiger partial charge in [-0.25, -0.2) is 14.3 Å². The number of nitrogens with zero attached hydrogens (tertiary/aromatic N) is 3. The van der Waals surface area contributed by atoms with Crippen LogP contribution >= 0.6 is 0 Å². The maximum atomic E-state index is 12.0. The van der Waals surface area contributed by atoms with Crippen LogP contribution in [0, 0.1) is 0 Å². The molecule has 0 spiro atoms. The molecule has 0 saturated carbocycles. The molecule has 22 heavy (non-hydrogen) atoms. The van der Waals surface area contributed by atoms with Crippen LogP contribution in [-0.4, -0.2) is 47.8 Å². The highest BCUT2D eigenvalue weighted by Crippen LogP contribution is 2.24. The molecule has 2 rings (SSSR count). The van der Waals surface area contributed by atoms with Gasteiger partial charge in [0.05, 0.1) is 20.8 Å². The summed E-state index contributed by atoms with van der Waals surface area (Å²) in [4.78, 5) is 23.7. The molecular weight excluding hydrogens is 290 g/mol. The van der Waals surface area contributed by atoms with Crippen LogP contribution in [0.3, 0.4) is 0 Å². The first-order chi connectivity index (χ1) is 10.6. The fourth-order valence-corrected chi connectivity index (χ4v) is 1.87. The summed E-state index contributed by atoms with van der Waals surface area (Å²) in [6, 6.07) is 6.94. The molecule has 0 N–H and O–H groups in total. The minimum absolute atomic E-state index is 0.124. The summed E-state index contributed by atoms with van der Waals surface area (Å²) in [6.45, 7) is 2.27. The Labute approximate surface area is 126 Å². The summed E-state index contributed by atoms with van der Waals surface area (Å²) in [7, 11) is 2.39. The molecule has 0 aliphatic carbocycles. The molecule has 0 fully saturated rings. The number of rotatable bonds is 5. The van der Waals surface area contributed by atoms with Crippen molar-refractivity contribution in [1.29, 1.82) is 0 Å². The molecule has 116 valence electrons. The second-order valence-electron chi connectivity index (χ2n) is 4.08. The topological polar surface area (TPSA) is 92.5 Å². The van der Waals surface area contributed by atoms with Crippen molar-refractivity contribution in [3.63, 3.8) is 0 Å². The minimum Gasteiger partial charge on any atom is -0.492 e. The lowest BCUT2D eigenvalue weighted by molar-refractivity contribution is 0.0545. The van der Waals surface area contributed by atoms with Crippen LogP contribution in [0.25, 0.3) is 5.69 Å². The van der Waals surface area contributed by atoms with Crippen LogP contribution in [0.15, 0.2) is 24.3 Å².